The number of ether oxygens (including phenoxy) is 3. The molecular weight excluding hydrogens is 184 g/mol. The van der Waals surface area contributed by atoms with Gasteiger partial charge in [-0.15, -0.1) is 0 Å². The summed E-state index contributed by atoms with van der Waals surface area (Å²) >= 11 is 0. The zero-order chi connectivity index (χ0) is 10.4. The molecule has 0 aromatic heterocycles. The summed E-state index contributed by atoms with van der Waals surface area (Å²) in [6, 6.07) is 0. The average Bonchev–Trinajstić information content (AvgIpc) is 2.10. The Morgan fingerprint density at radius 2 is 2.14 bits per heavy atom. The average molecular weight is 202 g/mol. The molecular formula is C10H18O4. The fraction of sp³-hybridized carbons (Fsp3) is 0.900. The SMILES string of the molecule is CCOC(=O)C1(COCOC)CCC1. The number of hydrogen-bond donors (Lipinski definition) is 0. The standard InChI is InChI=1S/C10H18O4/c1-3-14-9(11)10(5-4-6-10)7-13-8-12-2/h3-8H2,1-2H3. The molecule has 1 fully saturated rings. The normalized spacial score (nSPS) is 18.7. The molecule has 0 aromatic carbocycles. The maximum absolute atomic E-state index is 11.6. The molecule has 0 amide bonds. The quantitative estimate of drug-likeness (QED) is 0.370. The Kier molecular flexibility index (Phi) is 4.35. The van der Waals surface area contributed by atoms with Crippen molar-refractivity contribution in [3.8, 4) is 0 Å². The van der Waals surface area contributed by atoms with Gasteiger partial charge in [-0.3, -0.25) is 4.79 Å². The second-order valence-electron chi connectivity index (χ2n) is 3.61. The first-order chi connectivity index (χ1) is 6.75. The monoisotopic (exact) mass is 202 g/mol. The van der Waals surface area contributed by atoms with E-state index in [4.69, 9.17) is 14.2 Å². The van der Waals surface area contributed by atoms with Crippen LogP contribution in [0, 0.1) is 5.41 Å². The summed E-state index contributed by atoms with van der Waals surface area (Å²) in [6.07, 6.45) is 2.82. The summed E-state index contributed by atoms with van der Waals surface area (Å²) < 4.78 is 15.0. The van der Waals surface area contributed by atoms with Gasteiger partial charge >= 0.3 is 5.97 Å². The molecule has 0 saturated heterocycles. The van der Waals surface area contributed by atoms with E-state index in [0.29, 0.717) is 13.2 Å². The van der Waals surface area contributed by atoms with E-state index in [9.17, 15) is 4.79 Å². The molecule has 1 aliphatic carbocycles. The Morgan fingerprint density at radius 1 is 1.43 bits per heavy atom. The molecule has 1 aliphatic rings. The first-order valence-electron chi connectivity index (χ1n) is 4.99. The highest BCUT2D eigenvalue weighted by atomic mass is 16.7. The lowest BCUT2D eigenvalue weighted by atomic mass is 9.69. The summed E-state index contributed by atoms with van der Waals surface area (Å²) in [6.45, 7) is 2.91. The van der Waals surface area contributed by atoms with Gasteiger partial charge in [0.25, 0.3) is 0 Å². The molecule has 0 bridgehead atoms. The minimum absolute atomic E-state index is 0.123. The van der Waals surface area contributed by atoms with Gasteiger partial charge in [-0.25, -0.2) is 0 Å². The van der Waals surface area contributed by atoms with Crippen molar-refractivity contribution in [1.29, 1.82) is 0 Å². The molecule has 82 valence electrons. The van der Waals surface area contributed by atoms with Gasteiger partial charge in [0, 0.05) is 7.11 Å². The molecule has 14 heavy (non-hydrogen) atoms. The summed E-state index contributed by atoms with van der Waals surface area (Å²) in [5.74, 6) is -0.123. The third-order valence-corrected chi connectivity index (χ3v) is 2.60. The third-order valence-electron chi connectivity index (χ3n) is 2.60. The second kappa shape index (κ2) is 5.32. The van der Waals surface area contributed by atoms with Crippen molar-refractivity contribution in [3.63, 3.8) is 0 Å². The van der Waals surface area contributed by atoms with Crippen LogP contribution in [0.3, 0.4) is 0 Å². The van der Waals surface area contributed by atoms with Crippen LogP contribution in [0.15, 0.2) is 0 Å². The largest absolute Gasteiger partial charge is 0.465 e. The van der Waals surface area contributed by atoms with Crippen LogP contribution in [-0.2, 0) is 19.0 Å². The lowest BCUT2D eigenvalue weighted by molar-refractivity contribution is -0.171. The van der Waals surface area contributed by atoms with E-state index in [1.54, 1.807) is 7.11 Å². The van der Waals surface area contributed by atoms with Crippen LogP contribution in [0.2, 0.25) is 0 Å². The van der Waals surface area contributed by atoms with Crippen LogP contribution in [0.25, 0.3) is 0 Å². The highest BCUT2D eigenvalue weighted by Gasteiger charge is 2.45. The summed E-state index contributed by atoms with van der Waals surface area (Å²) in [4.78, 5) is 11.6. The van der Waals surface area contributed by atoms with E-state index in [-0.39, 0.29) is 18.2 Å². The summed E-state index contributed by atoms with van der Waals surface area (Å²) in [5, 5.41) is 0. The Labute approximate surface area is 84.5 Å². The highest BCUT2D eigenvalue weighted by molar-refractivity contribution is 5.78. The van der Waals surface area contributed by atoms with Crippen molar-refractivity contribution in [1.82, 2.24) is 0 Å². The van der Waals surface area contributed by atoms with Gasteiger partial charge in [0.2, 0.25) is 0 Å². The topological polar surface area (TPSA) is 44.8 Å². The van der Waals surface area contributed by atoms with Gasteiger partial charge in [0.15, 0.2) is 0 Å². The lowest BCUT2D eigenvalue weighted by Gasteiger charge is -2.38. The molecule has 0 spiro atoms. The molecule has 0 aromatic rings. The minimum Gasteiger partial charge on any atom is -0.465 e. The van der Waals surface area contributed by atoms with E-state index in [0.717, 1.165) is 19.3 Å². The van der Waals surface area contributed by atoms with Crippen LogP contribution in [-0.4, -0.2) is 33.1 Å². The third kappa shape index (κ3) is 2.45. The van der Waals surface area contributed by atoms with Crippen molar-refractivity contribution in [2.75, 3.05) is 27.1 Å². The van der Waals surface area contributed by atoms with Crippen LogP contribution in [0.5, 0.6) is 0 Å². The number of carbonyl (C=O) groups excluding carboxylic acids is 1. The maximum Gasteiger partial charge on any atom is 0.314 e. The molecule has 0 aliphatic heterocycles. The van der Waals surface area contributed by atoms with Gasteiger partial charge in [-0.1, -0.05) is 6.42 Å². The number of carbonyl (C=O) groups is 1. The van der Waals surface area contributed by atoms with Crippen LogP contribution >= 0.6 is 0 Å². The lowest BCUT2D eigenvalue weighted by Crippen LogP contribution is -2.43. The van der Waals surface area contributed by atoms with Gasteiger partial charge < -0.3 is 14.2 Å². The van der Waals surface area contributed by atoms with E-state index < -0.39 is 0 Å². The molecule has 0 atom stereocenters. The van der Waals surface area contributed by atoms with Gasteiger partial charge in [-0.05, 0) is 19.8 Å². The van der Waals surface area contributed by atoms with Crippen molar-refractivity contribution >= 4 is 5.97 Å². The molecule has 0 heterocycles. The zero-order valence-electron chi connectivity index (χ0n) is 8.88. The van der Waals surface area contributed by atoms with E-state index in [1.165, 1.54) is 0 Å². The zero-order valence-corrected chi connectivity index (χ0v) is 8.88. The molecule has 0 N–H and O–H groups in total. The number of esters is 1. The highest BCUT2D eigenvalue weighted by Crippen LogP contribution is 2.42. The Morgan fingerprint density at radius 3 is 2.57 bits per heavy atom. The Bertz CT molecular complexity index is 187. The molecule has 0 radical (unpaired) electrons. The number of methoxy groups -OCH3 is 1. The van der Waals surface area contributed by atoms with E-state index in [2.05, 4.69) is 0 Å². The molecule has 4 heteroatoms. The molecule has 1 rings (SSSR count). The Hall–Kier alpha value is -0.610. The predicted molar refractivity (Wildman–Crippen MR) is 50.7 cm³/mol. The van der Waals surface area contributed by atoms with Crippen LogP contribution < -0.4 is 0 Å². The molecule has 4 nitrogen and oxygen atoms in total. The Balaban J connectivity index is 2.36. The van der Waals surface area contributed by atoms with Crippen molar-refractivity contribution < 1.29 is 19.0 Å². The predicted octanol–water partition coefficient (Wildman–Crippen LogP) is 1.34. The molecule has 1 saturated carbocycles. The first-order valence-corrected chi connectivity index (χ1v) is 4.99. The first kappa shape index (κ1) is 11.5. The van der Waals surface area contributed by atoms with Crippen molar-refractivity contribution in [3.05, 3.63) is 0 Å². The fourth-order valence-electron chi connectivity index (χ4n) is 1.62. The second-order valence-corrected chi connectivity index (χ2v) is 3.61. The van der Waals surface area contributed by atoms with Crippen LogP contribution in [0.1, 0.15) is 26.2 Å². The minimum atomic E-state index is -0.380. The summed E-state index contributed by atoms with van der Waals surface area (Å²) in [5.41, 5.74) is -0.380. The van der Waals surface area contributed by atoms with Gasteiger partial charge in [0.05, 0.1) is 18.6 Å². The van der Waals surface area contributed by atoms with E-state index in [1.807, 2.05) is 6.92 Å². The smallest absolute Gasteiger partial charge is 0.314 e. The number of rotatable bonds is 6. The number of hydrogen-bond acceptors (Lipinski definition) is 4. The molecule has 0 unspecified atom stereocenters. The van der Waals surface area contributed by atoms with Gasteiger partial charge in [0.1, 0.15) is 6.79 Å². The van der Waals surface area contributed by atoms with Crippen molar-refractivity contribution in [2.45, 2.75) is 26.2 Å². The van der Waals surface area contributed by atoms with Gasteiger partial charge in [-0.2, -0.15) is 0 Å². The summed E-state index contributed by atoms with van der Waals surface area (Å²) in [7, 11) is 1.57. The van der Waals surface area contributed by atoms with Crippen molar-refractivity contribution in [2.24, 2.45) is 5.41 Å². The van der Waals surface area contributed by atoms with Crippen LogP contribution in [0.4, 0.5) is 0 Å². The fourth-order valence-corrected chi connectivity index (χ4v) is 1.62. The van der Waals surface area contributed by atoms with E-state index >= 15 is 0 Å². The maximum atomic E-state index is 11.6.